The molecule has 2 N–H and O–H groups in total. The van der Waals surface area contributed by atoms with E-state index in [1.165, 1.54) is 0 Å². The van der Waals surface area contributed by atoms with Crippen molar-refractivity contribution in [2.24, 2.45) is 0 Å². The van der Waals surface area contributed by atoms with Crippen LogP contribution in [0.1, 0.15) is 13.3 Å². The molecule has 1 heterocycles. The first-order valence-corrected chi connectivity index (χ1v) is 6.51. The number of hydrogen-bond acceptors (Lipinski definition) is 6. The van der Waals surface area contributed by atoms with Crippen molar-refractivity contribution in [3.05, 3.63) is 24.3 Å². The Balaban J connectivity index is 2.15. The number of anilines is 2. The van der Waals surface area contributed by atoms with Gasteiger partial charge in [-0.05, 0) is 19.1 Å². The quantitative estimate of drug-likeness (QED) is 0.834. The zero-order chi connectivity index (χ0) is 14.5. The number of benzene rings is 1. The summed E-state index contributed by atoms with van der Waals surface area (Å²) in [6, 6.07) is 7.53. The van der Waals surface area contributed by atoms with Gasteiger partial charge in [-0.25, -0.2) is 9.97 Å². The van der Waals surface area contributed by atoms with E-state index in [4.69, 9.17) is 10.5 Å². The van der Waals surface area contributed by atoms with Crippen LogP contribution in [0, 0.1) is 0 Å². The van der Waals surface area contributed by atoms with Gasteiger partial charge in [-0.2, -0.15) is 0 Å². The number of hydrogen-bond donors (Lipinski definition) is 1. The number of nitrogen functional groups attached to an aromatic ring is 1. The lowest BCUT2D eigenvalue weighted by Gasteiger charge is -2.19. The molecule has 0 aliphatic heterocycles. The average molecular weight is 274 g/mol. The predicted octanol–water partition coefficient (Wildman–Crippen LogP) is 1.60. The molecular formula is C14H18N4O2. The SMILES string of the molecule is CCOC(=O)CCN(C)c1nc2ccccc2nc1N. The van der Waals surface area contributed by atoms with E-state index in [0.717, 1.165) is 11.0 Å². The van der Waals surface area contributed by atoms with Gasteiger partial charge in [-0.3, -0.25) is 4.79 Å². The van der Waals surface area contributed by atoms with Crippen LogP contribution in [-0.4, -0.2) is 36.1 Å². The smallest absolute Gasteiger partial charge is 0.307 e. The van der Waals surface area contributed by atoms with E-state index in [1.54, 1.807) is 6.92 Å². The van der Waals surface area contributed by atoms with Crippen molar-refractivity contribution in [1.29, 1.82) is 0 Å². The lowest BCUT2D eigenvalue weighted by atomic mass is 10.3. The average Bonchev–Trinajstić information content (AvgIpc) is 2.44. The summed E-state index contributed by atoms with van der Waals surface area (Å²) in [5.74, 6) is 0.703. The fourth-order valence-corrected chi connectivity index (χ4v) is 1.88. The molecule has 1 aromatic carbocycles. The van der Waals surface area contributed by atoms with Gasteiger partial charge >= 0.3 is 5.97 Å². The van der Waals surface area contributed by atoms with Crippen LogP contribution in [0.5, 0.6) is 0 Å². The van der Waals surface area contributed by atoms with E-state index < -0.39 is 0 Å². The Morgan fingerprint density at radius 2 is 1.95 bits per heavy atom. The highest BCUT2D eigenvalue weighted by Crippen LogP contribution is 2.21. The number of rotatable bonds is 5. The van der Waals surface area contributed by atoms with E-state index in [1.807, 2.05) is 36.2 Å². The molecular weight excluding hydrogens is 256 g/mol. The van der Waals surface area contributed by atoms with Crippen LogP contribution in [0.15, 0.2) is 24.3 Å². The first-order valence-electron chi connectivity index (χ1n) is 6.51. The molecule has 20 heavy (non-hydrogen) atoms. The maximum absolute atomic E-state index is 11.4. The molecule has 6 nitrogen and oxygen atoms in total. The molecule has 6 heteroatoms. The molecule has 0 amide bonds. The second-order valence-corrected chi connectivity index (χ2v) is 4.40. The first kappa shape index (κ1) is 14.0. The van der Waals surface area contributed by atoms with Crippen molar-refractivity contribution in [3.8, 4) is 0 Å². The number of para-hydroxylation sites is 2. The van der Waals surface area contributed by atoms with Crippen LogP contribution in [0.3, 0.4) is 0 Å². The van der Waals surface area contributed by atoms with Gasteiger partial charge in [-0.15, -0.1) is 0 Å². The molecule has 0 saturated carbocycles. The third kappa shape index (κ3) is 3.14. The van der Waals surface area contributed by atoms with Gasteiger partial charge in [0.25, 0.3) is 0 Å². The number of esters is 1. The molecule has 0 spiro atoms. The van der Waals surface area contributed by atoms with E-state index >= 15 is 0 Å². The zero-order valence-corrected chi connectivity index (χ0v) is 11.7. The third-order valence-corrected chi connectivity index (χ3v) is 2.90. The minimum atomic E-state index is -0.230. The van der Waals surface area contributed by atoms with Gasteiger partial charge in [0, 0.05) is 13.6 Å². The monoisotopic (exact) mass is 274 g/mol. The van der Waals surface area contributed by atoms with Crippen molar-refractivity contribution in [2.75, 3.05) is 30.8 Å². The lowest BCUT2D eigenvalue weighted by Crippen LogP contribution is -2.24. The molecule has 1 aromatic heterocycles. The normalized spacial score (nSPS) is 10.5. The standard InChI is InChI=1S/C14H18N4O2/c1-3-20-12(19)8-9-18(2)14-13(15)16-10-6-4-5-7-11(10)17-14/h4-7H,3,8-9H2,1-2H3,(H2,15,16). The van der Waals surface area contributed by atoms with E-state index in [0.29, 0.717) is 24.8 Å². The topological polar surface area (TPSA) is 81.3 Å². The van der Waals surface area contributed by atoms with E-state index in [-0.39, 0.29) is 12.4 Å². The summed E-state index contributed by atoms with van der Waals surface area (Å²) >= 11 is 0. The lowest BCUT2D eigenvalue weighted by molar-refractivity contribution is -0.142. The summed E-state index contributed by atoms with van der Waals surface area (Å²) in [6.07, 6.45) is 0.290. The minimum Gasteiger partial charge on any atom is -0.466 e. The number of ether oxygens (including phenoxy) is 1. The van der Waals surface area contributed by atoms with Gasteiger partial charge in [-0.1, -0.05) is 12.1 Å². The summed E-state index contributed by atoms with van der Waals surface area (Å²) in [7, 11) is 1.83. The second-order valence-electron chi connectivity index (χ2n) is 4.40. The van der Waals surface area contributed by atoms with Gasteiger partial charge in [0.2, 0.25) is 0 Å². The van der Waals surface area contributed by atoms with Crippen LogP contribution >= 0.6 is 0 Å². The minimum absolute atomic E-state index is 0.230. The summed E-state index contributed by atoms with van der Waals surface area (Å²) in [6.45, 7) is 2.66. The van der Waals surface area contributed by atoms with Crippen LogP contribution in [0.4, 0.5) is 11.6 Å². The highest BCUT2D eigenvalue weighted by molar-refractivity contribution is 5.80. The first-order chi connectivity index (χ1) is 9.61. The number of aromatic nitrogens is 2. The molecule has 0 fully saturated rings. The molecule has 106 valence electrons. The van der Waals surface area contributed by atoms with Crippen LogP contribution in [-0.2, 0) is 9.53 Å². The van der Waals surface area contributed by atoms with Crippen molar-refractivity contribution >= 4 is 28.6 Å². The van der Waals surface area contributed by atoms with Crippen LogP contribution in [0.25, 0.3) is 11.0 Å². The highest BCUT2D eigenvalue weighted by Gasteiger charge is 2.12. The molecule has 2 aromatic rings. The van der Waals surface area contributed by atoms with E-state index in [9.17, 15) is 4.79 Å². The van der Waals surface area contributed by atoms with Crippen molar-refractivity contribution in [1.82, 2.24) is 9.97 Å². The Hall–Kier alpha value is -2.37. The van der Waals surface area contributed by atoms with Crippen molar-refractivity contribution in [2.45, 2.75) is 13.3 Å². The molecule has 2 rings (SSSR count). The molecule has 0 atom stereocenters. The Morgan fingerprint density at radius 1 is 1.30 bits per heavy atom. The maximum atomic E-state index is 11.4. The van der Waals surface area contributed by atoms with Gasteiger partial charge in [0.15, 0.2) is 11.6 Å². The molecule has 0 saturated heterocycles. The molecule has 0 aliphatic rings. The fourth-order valence-electron chi connectivity index (χ4n) is 1.88. The summed E-state index contributed by atoms with van der Waals surface area (Å²) in [5, 5.41) is 0. The Kier molecular flexibility index (Phi) is 4.34. The van der Waals surface area contributed by atoms with Crippen LogP contribution in [0.2, 0.25) is 0 Å². The largest absolute Gasteiger partial charge is 0.466 e. The fraction of sp³-hybridized carbons (Fsp3) is 0.357. The summed E-state index contributed by atoms with van der Waals surface area (Å²) in [4.78, 5) is 22.0. The molecule has 0 unspecified atom stereocenters. The highest BCUT2D eigenvalue weighted by atomic mass is 16.5. The maximum Gasteiger partial charge on any atom is 0.307 e. The van der Waals surface area contributed by atoms with Gasteiger partial charge in [0.1, 0.15) is 0 Å². The zero-order valence-electron chi connectivity index (χ0n) is 11.7. The van der Waals surface area contributed by atoms with Crippen molar-refractivity contribution < 1.29 is 9.53 Å². The molecule has 0 aliphatic carbocycles. The number of carbonyl (C=O) groups excluding carboxylic acids is 1. The Morgan fingerprint density at radius 3 is 2.60 bits per heavy atom. The molecule has 0 radical (unpaired) electrons. The predicted molar refractivity (Wildman–Crippen MR) is 78.5 cm³/mol. The third-order valence-electron chi connectivity index (χ3n) is 2.90. The Labute approximate surface area is 117 Å². The number of carbonyl (C=O) groups is 1. The van der Waals surface area contributed by atoms with Gasteiger partial charge < -0.3 is 15.4 Å². The van der Waals surface area contributed by atoms with E-state index in [2.05, 4.69) is 9.97 Å². The van der Waals surface area contributed by atoms with Crippen molar-refractivity contribution in [3.63, 3.8) is 0 Å². The second kappa shape index (κ2) is 6.18. The summed E-state index contributed by atoms with van der Waals surface area (Å²) in [5.41, 5.74) is 7.46. The number of nitrogens with zero attached hydrogens (tertiary/aromatic N) is 3. The summed E-state index contributed by atoms with van der Waals surface area (Å²) < 4.78 is 4.90. The number of nitrogens with two attached hydrogens (primary N) is 1. The molecule has 0 bridgehead atoms. The van der Waals surface area contributed by atoms with Gasteiger partial charge in [0.05, 0.1) is 24.1 Å². The number of fused-ring (bicyclic) bond motifs is 1. The van der Waals surface area contributed by atoms with Crippen LogP contribution < -0.4 is 10.6 Å². The Bertz CT molecular complexity index is 615.